The van der Waals surface area contributed by atoms with Crippen LogP contribution < -0.4 is 15.8 Å². The van der Waals surface area contributed by atoms with E-state index in [1.54, 1.807) is 13.0 Å². The summed E-state index contributed by atoms with van der Waals surface area (Å²) in [5.41, 5.74) is 1.35. The number of aromatic amines is 1. The molecule has 0 aliphatic carbocycles. The quantitative estimate of drug-likeness (QED) is 0.486. The first-order valence-electron chi connectivity index (χ1n) is 9.21. The maximum atomic E-state index is 14.5. The molecule has 1 aromatic heterocycles. The number of nitrogens with zero attached hydrogens (tertiary/aromatic N) is 1. The van der Waals surface area contributed by atoms with Gasteiger partial charge in [0.2, 0.25) is 15.9 Å². The average Bonchev–Trinajstić information content (AvgIpc) is 3.14. The third-order valence-corrected chi connectivity index (χ3v) is 5.99. The number of primary sulfonamides is 1. The Bertz CT molecular complexity index is 1360. The van der Waals surface area contributed by atoms with E-state index in [0.717, 1.165) is 0 Å². The lowest BCUT2D eigenvalue weighted by Gasteiger charge is -2.27. The minimum Gasteiger partial charge on any atom is -0.330 e. The molecule has 0 spiro atoms. The van der Waals surface area contributed by atoms with Crippen LogP contribution >= 0.6 is 0 Å². The van der Waals surface area contributed by atoms with Crippen LogP contribution in [0.15, 0.2) is 58.8 Å². The molecule has 1 aliphatic rings. The number of benzene rings is 2. The number of nitrogens with two attached hydrogens (primary N) is 1. The number of allylic oxidation sites excluding steroid dienone is 1. The third kappa shape index (κ3) is 4.05. The molecule has 5 N–H and O–H groups in total. The summed E-state index contributed by atoms with van der Waals surface area (Å²) in [7, 11) is -3.97. The van der Waals surface area contributed by atoms with Crippen LogP contribution in [0.25, 0.3) is 10.9 Å². The molecule has 160 valence electrons. The Labute approximate surface area is 176 Å². The first-order valence-corrected chi connectivity index (χ1v) is 10.8. The lowest BCUT2D eigenvalue weighted by molar-refractivity contribution is -0.121. The minimum absolute atomic E-state index is 0.0480. The molecule has 9 nitrogen and oxygen atoms in total. The number of amides is 2. The fraction of sp³-hybridized carbons (Fsp3) is 0.150. The van der Waals surface area contributed by atoms with Crippen LogP contribution in [0.1, 0.15) is 24.8 Å². The van der Waals surface area contributed by atoms with Crippen molar-refractivity contribution in [2.24, 2.45) is 5.14 Å². The lowest BCUT2D eigenvalue weighted by atomic mass is 9.84. The lowest BCUT2D eigenvalue weighted by Crippen LogP contribution is -2.35. The Morgan fingerprint density at radius 2 is 2.06 bits per heavy atom. The molecule has 4 rings (SSSR count). The number of rotatable bonds is 4. The number of carbonyl (C=O) groups is 2. The highest BCUT2D eigenvalue weighted by atomic mass is 32.2. The molecule has 3 aromatic rings. The van der Waals surface area contributed by atoms with Crippen LogP contribution in [0.4, 0.5) is 10.1 Å². The van der Waals surface area contributed by atoms with Crippen LogP contribution in [0.5, 0.6) is 0 Å². The predicted octanol–water partition coefficient (Wildman–Crippen LogP) is 1.87. The first kappa shape index (κ1) is 20.7. The van der Waals surface area contributed by atoms with Crippen LogP contribution in [-0.2, 0) is 19.6 Å². The van der Waals surface area contributed by atoms with Crippen LogP contribution in [-0.4, -0.2) is 30.4 Å². The maximum Gasteiger partial charge on any atom is 0.254 e. The number of fused-ring (bicyclic) bond motifs is 1. The predicted molar refractivity (Wildman–Crippen MR) is 111 cm³/mol. The summed E-state index contributed by atoms with van der Waals surface area (Å²) in [6.45, 7) is 1.55. The largest absolute Gasteiger partial charge is 0.330 e. The second-order valence-electron chi connectivity index (χ2n) is 7.20. The van der Waals surface area contributed by atoms with Gasteiger partial charge in [-0.25, -0.2) is 17.9 Å². The van der Waals surface area contributed by atoms with Crippen LogP contribution in [0.2, 0.25) is 0 Å². The zero-order valence-electron chi connectivity index (χ0n) is 16.3. The second kappa shape index (κ2) is 7.60. The third-order valence-electron chi connectivity index (χ3n) is 5.08. The van der Waals surface area contributed by atoms with Crippen LogP contribution in [0, 0.1) is 5.82 Å². The number of hydrogen-bond donors (Lipinski definition) is 4. The van der Waals surface area contributed by atoms with Crippen molar-refractivity contribution in [2.75, 3.05) is 5.32 Å². The summed E-state index contributed by atoms with van der Waals surface area (Å²) in [6, 6.07) is 8.41. The van der Waals surface area contributed by atoms with Gasteiger partial charge in [-0.3, -0.25) is 14.7 Å². The van der Waals surface area contributed by atoms with Gasteiger partial charge in [0.25, 0.3) is 5.91 Å². The summed E-state index contributed by atoms with van der Waals surface area (Å²) in [5.74, 6) is -2.34. The Morgan fingerprint density at radius 1 is 1.29 bits per heavy atom. The summed E-state index contributed by atoms with van der Waals surface area (Å²) in [5, 5.41) is 17.4. The van der Waals surface area contributed by atoms with E-state index in [4.69, 9.17) is 5.14 Å². The fourth-order valence-corrected chi connectivity index (χ4v) is 4.22. The number of anilines is 1. The highest BCUT2D eigenvalue weighted by Gasteiger charge is 2.32. The van der Waals surface area contributed by atoms with Crippen molar-refractivity contribution in [2.45, 2.75) is 24.2 Å². The molecule has 1 unspecified atom stereocenters. The number of hydrogen-bond acceptors (Lipinski definition) is 5. The van der Waals surface area contributed by atoms with Gasteiger partial charge in [0.15, 0.2) is 0 Å². The maximum absolute atomic E-state index is 14.5. The number of sulfonamides is 1. The molecule has 11 heteroatoms. The molecule has 1 aliphatic heterocycles. The van der Waals surface area contributed by atoms with Gasteiger partial charge in [0, 0.05) is 35.1 Å². The highest BCUT2D eigenvalue weighted by Crippen LogP contribution is 2.34. The van der Waals surface area contributed by atoms with Crippen molar-refractivity contribution in [1.82, 2.24) is 15.5 Å². The number of halogens is 1. The van der Waals surface area contributed by atoms with E-state index in [0.29, 0.717) is 22.2 Å². The number of H-pyrrole nitrogens is 1. The molecule has 2 amide bonds. The van der Waals surface area contributed by atoms with Crippen molar-refractivity contribution < 1.29 is 22.4 Å². The van der Waals surface area contributed by atoms with E-state index in [-0.39, 0.29) is 28.5 Å². The second-order valence-corrected chi connectivity index (χ2v) is 8.77. The summed E-state index contributed by atoms with van der Waals surface area (Å²) in [4.78, 5) is 25.1. The molecule has 0 saturated heterocycles. The smallest absolute Gasteiger partial charge is 0.254 e. The standard InChI is InChI=1S/C20H18FN5O4S/c1-10-19(20(28)25-17-6-12-9-23-26-16(12)8-15(17)21)14(7-18(27)24-10)11-3-2-4-13(5-11)31(22,29)30/h2-6,8-9,14H,7H2,1H3,(H,23,26)(H,24,27)(H,25,28)(H2,22,29,30). The Hall–Kier alpha value is -3.57. The van der Waals surface area contributed by atoms with Crippen molar-refractivity contribution in [1.29, 1.82) is 0 Å². The van der Waals surface area contributed by atoms with E-state index in [1.165, 1.54) is 36.5 Å². The summed E-state index contributed by atoms with van der Waals surface area (Å²) >= 11 is 0. The molecule has 31 heavy (non-hydrogen) atoms. The van der Waals surface area contributed by atoms with E-state index >= 15 is 0 Å². The molecule has 1 atom stereocenters. The van der Waals surface area contributed by atoms with Crippen molar-refractivity contribution in [3.8, 4) is 0 Å². The van der Waals surface area contributed by atoms with Crippen LogP contribution in [0.3, 0.4) is 0 Å². The molecule has 0 bridgehead atoms. The number of nitrogens with one attached hydrogen (secondary N) is 3. The van der Waals surface area contributed by atoms with E-state index < -0.39 is 27.7 Å². The Morgan fingerprint density at radius 3 is 2.81 bits per heavy atom. The van der Waals surface area contributed by atoms with Gasteiger partial charge in [0.1, 0.15) is 5.82 Å². The zero-order valence-corrected chi connectivity index (χ0v) is 17.1. The van der Waals surface area contributed by atoms with E-state index in [2.05, 4.69) is 20.8 Å². The van der Waals surface area contributed by atoms with Crippen molar-refractivity contribution in [3.05, 3.63) is 65.2 Å². The average molecular weight is 443 g/mol. The molecule has 0 fully saturated rings. The number of aromatic nitrogens is 2. The molecule has 2 aromatic carbocycles. The van der Waals surface area contributed by atoms with Gasteiger partial charge in [-0.2, -0.15) is 5.10 Å². The normalized spacial score (nSPS) is 17.0. The molecular weight excluding hydrogens is 425 g/mol. The summed E-state index contributed by atoms with van der Waals surface area (Å²) < 4.78 is 37.9. The van der Waals surface area contributed by atoms with Crippen molar-refractivity contribution in [3.63, 3.8) is 0 Å². The van der Waals surface area contributed by atoms with Gasteiger partial charge < -0.3 is 10.6 Å². The van der Waals surface area contributed by atoms with Gasteiger partial charge in [0.05, 0.1) is 22.3 Å². The van der Waals surface area contributed by atoms with E-state index in [1.807, 2.05) is 0 Å². The van der Waals surface area contributed by atoms with Gasteiger partial charge in [-0.05, 0) is 30.7 Å². The monoisotopic (exact) mass is 443 g/mol. The molecule has 2 heterocycles. The van der Waals surface area contributed by atoms with Crippen molar-refractivity contribution >= 4 is 38.4 Å². The zero-order chi connectivity index (χ0) is 22.3. The topological polar surface area (TPSA) is 147 Å². The molecular formula is C20H18FN5O4S. The highest BCUT2D eigenvalue weighted by molar-refractivity contribution is 7.89. The SMILES string of the molecule is CC1=C(C(=O)Nc2cc3cn[nH]c3cc2F)C(c2cccc(S(N)(=O)=O)c2)CC(=O)N1. The first-order chi connectivity index (χ1) is 14.6. The minimum atomic E-state index is -3.97. The number of carbonyl (C=O) groups excluding carboxylic acids is 2. The fourth-order valence-electron chi connectivity index (χ4n) is 3.65. The van der Waals surface area contributed by atoms with Gasteiger partial charge in [-0.15, -0.1) is 0 Å². The van der Waals surface area contributed by atoms with E-state index in [9.17, 15) is 22.4 Å². The van der Waals surface area contributed by atoms with Gasteiger partial charge >= 0.3 is 0 Å². The van der Waals surface area contributed by atoms with Gasteiger partial charge in [-0.1, -0.05) is 12.1 Å². The summed E-state index contributed by atoms with van der Waals surface area (Å²) in [6.07, 6.45) is 1.41. The molecule has 0 saturated carbocycles. The Kier molecular flexibility index (Phi) is 5.07. The Balaban J connectivity index is 1.73. The molecule has 0 radical (unpaired) electrons.